The monoisotopic (exact) mass is 626 g/mol. The molecule has 2 heterocycles. The number of pyridine rings is 1. The summed E-state index contributed by atoms with van der Waals surface area (Å²) in [4.78, 5) is 18.4. The summed E-state index contributed by atoms with van der Waals surface area (Å²) in [7, 11) is 0. The van der Waals surface area contributed by atoms with Crippen LogP contribution >= 0.6 is 24.0 Å². The Morgan fingerprint density at radius 1 is 1.02 bits per heavy atom. The van der Waals surface area contributed by atoms with Crippen molar-refractivity contribution in [2.75, 3.05) is 25.5 Å². The molecule has 0 fully saturated rings. The lowest BCUT2D eigenvalue weighted by atomic mass is 10.2. The Hall–Kier alpha value is -3.43. The van der Waals surface area contributed by atoms with Crippen molar-refractivity contribution in [3.8, 4) is 5.75 Å². The number of hydrogen-bond acceptors (Lipinski definition) is 8. The first kappa shape index (κ1) is 43.0. The van der Waals surface area contributed by atoms with Gasteiger partial charge in [0.2, 0.25) is 0 Å². The number of thioether (sulfide) groups is 1. The van der Waals surface area contributed by atoms with E-state index in [0.717, 1.165) is 10.2 Å². The van der Waals surface area contributed by atoms with Gasteiger partial charge in [0.15, 0.2) is 6.29 Å². The number of aliphatic hydroxyl groups is 3. The number of nitrogens with two attached hydrogens (primary N) is 1. The maximum Gasteiger partial charge on any atom is 0.267 e. The second kappa shape index (κ2) is 22.2. The first-order valence-electron chi connectivity index (χ1n) is 11.5. The van der Waals surface area contributed by atoms with Gasteiger partial charge >= 0.3 is 0 Å². The van der Waals surface area contributed by atoms with Gasteiger partial charge in [-0.05, 0) is 29.8 Å². The summed E-state index contributed by atoms with van der Waals surface area (Å²) in [6.45, 7) is 0.122. The van der Waals surface area contributed by atoms with Crippen LogP contribution in [0.2, 0.25) is 0 Å². The zero-order chi connectivity index (χ0) is 26.6. The predicted molar refractivity (Wildman–Crippen MR) is 176 cm³/mol. The van der Waals surface area contributed by atoms with E-state index in [1.54, 1.807) is 18.2 Å². The number of fused-ring (bicyclic) bond motifs is 1. The number of H-pyrrole nitrogens is 2. The number of aromatic nitrogens is 2. The van der Waals surface area contributed by atoms with Gasteiger partial charge in [0, 0.05) is 29.9 Å². The molecule has 0 saturated carbocycles. The van der Waals surface area contributed by atoms with Crippen molar-refractivity contribution in [1.29, 1.82) is 0 Å². The first-order valence-corrected chi connectivity index (χ1v) is 12.9. The van der Waals surface area contributed by atoms with Gasteiger partial charge in [-0.2, -0.15) is 0 Å². The third-order valence-electron chi connectivity index (χ3n) is 5.12. The molecular formula is C29H46N4O7S2. The Kier molecular flexibility index (Phi) is 22.7. The highest BCUT2D eigenvalue weighted by Crippen LogP contribution is 2.28. The molecule has 4 rings (SSSR count). The van der Waals surface area contributed by atoms with E-state index >= 15 is 0 Å². The highest BCUT2D eigenvalue weighted by Gasteiger charge is 2.20. The Balaban J connectivity index is -0.00000112. The van der Waals surface area contributed by atoms with Crippen LogP contribution in [0, 0.1) is 4.64 Å². The van der Waals surface area contributed by atoms with Crippen molar-refractivity contribution in [2.24, 2.45) is 0 Å². The molecular weight excluding hydrogens is 580 g/mol. The minimum absolute atomic E-state index is 0. The Bertz CT molecular complexity index is 1320. The molecule has 1 atom stereocenters. The van der Waals surface area contributed by atoms with Gasteiger partial charge in [0.05, 0.1) is 23.1 Å². The minimum atomic E-state index is -1.57. The van der Waals surface area contributed by atoms with Crippen molar-refractivity contribution in [3.05, 3.63) is 88.8 Å². The molecule has 1 unspecified atom stereocenters. The smallest absolute Gasteiger partial charge is 0.267 e. The Morgan fingerprint density at radius 2 is 1.69 bits per heavy atom. The van der Waals surface area contributed by atoms with Crippen LogP contribution in [-0.2, 0) is 5.75 Å². The number of carbonyl (C=O) groups is 1. The zero-order valence-corrected chi connectivity index (χ0v) is 22.6. The molecule has 0 spiro atoms. The molecule has 0 radical (unpaired) electrons. The predicted octanol–water partition coefficient (Wildman–Crippen LogP) is 3.47. The van der Waals surface area contributed by atoms with Crippen LogP contribution in [0.3, 0.4) is 0 Å². The van der Waals surface area contributed by atoms with Crippen LogP contribution in [0.5, 0.6) is 5.75 Å². The molecule has 0 aliphatic carbocycles. The molecule has 2 aromatic carbocycles. The van der Waals surface area contributed by atoms with Crippen molar-refractivity contribution >= 4 is 46.5 Å². The van der Waals surface area contributed by atoms with Gasteiger partial charge < -0.3 is 52.0 Å². The maximum atomic E-state index is 12.6. The topological polar surface area (TPSA) is 220 Å². The van der Waals surface area contributed by atoms with Gasteiger partial charge in [-0.25, -0.2) is 0 Å². The molecule has 12 N–H and O–H groups in total. The van der Waals surface area contributed by atoms with E-state index in [0.29, 0.717) is 33.8 Å². The fourth-order valence-corrected chi connectivity index (χ4v) is 4.42. The summed E-state index contributed by atoms with van der Waals surface area (Å²) in [5.74, 6) is 0.716. The van der Waals surface area contributed by atoms with E-state index in [-0.39, 0.29) is 58.9 Å². The lowest BCUT2D eigenvalue weighted by Crippen LogP contribution is -2.37. The summed E-state index contributed by atoms with van der Waals surface area (Å²) < 4.78 is 6.16. The van der Waals surface area contributed by atoms with Gasteiger partial charge in [-0.3, -0.25) is 4.79 Å². The molecule has 236 valence electrons. The van der Waals surface area contributed by atoms with E-state index < -0.39 is 11.5 Å². The zero-order valence-electron chi connectivity index (χ0n) is 21.0. The molecule has 4 aromatic rings. The number of anilines is 1. The molecule has 0 aliphatic rings. The second-order valence-electron chi connectivity index (χ2n) is 7.92. The van der Waals surface area contributed by atoms with Crippen LogP contribution in [-0.4, -0.2) is 73.4 Å². The quantitative estimate of drug-likeness (QED) is 0.0783. The third kappa shape index (κ3) is 13.5. The molecule has 11 nitrogen and oxygen atoms in total. The highest BCUT2D eigenvalue weighted by atomic mass is 32.2. The fourth-order valence-electron chi connectivity index (χ4n) is 3.31. The first-order chi connectivity index (χ1) is 17.9. The summed E-state index contributed by atoms with van der Waals surface area (Å²) in [6, 6.07) is 20.3. The molecule has 42 heavy (non-hydrogen) atoms. The summed E-state index contributed by atoms with van der Waals surface area (Å²) in [5.41, 5.74) is 8.41. The standard InChI is InChI=1S/C21H25N3O5S.C5H5NS.3CH4.2H2O/c22-16-10-15(29-7-6-25)8-14-9-17(24-19(14)16)20(26)23-11-18(21(27)28)30-12-13-4-2-1-3-5-13;7-5-3-1-2-4-6-5;;;;;/h1-5,8-10,18,21,24-25,27-28H,6-7,11-12,22H2,(H,23,26);1-4H,(H,6,7);3*1H4;2*1H2. The largest absolute Gasteiger partial charge is 0.491 e. The van der Waals surface area contributed by atoms with E-state index in [4.69, 9.17) is 27.8 Å². The number of nitrogens with one attached hydrogen (secondary N) is 3. The van der Waals surface area contributed by atoms with Crippen molar-refractivity contribution in [3.63, 3.8) is 0 Å². The number of carbonyl (C=O) groups excluding carboxylic acids is 1. The number of nitrogen functional groups attached to an aromatic ring is 1. The van der Waals surface area contributed by atoms with Crippen LogP contribution in [0.4, 0.5) is 5.69 Å². The molecule has 0 bridgehead atoms. The van der Waals surface area contributed by atoms with Crippen LogP contribution in [0.15, 0.2) is 72.9 Å². The van der Waals surface area contributed by atoms with Crippen LogP contribution < -0.4 is 15.8 Å². The van der Waals surface area contributed by atoms with Crippen molar-refractivity contribution in [2.45, 2.75) is 39.6 Å². The SMILES string of the molecule is C.C.C.Nc1cc(OCCO)cc2cc(C(=O)NCC(SCc3ccccc3)C(O)O)[nH]c12.O.O.S=c1cccc[nH]1. The lowest BCUT2D eigenvalue weighted by Gasteiger charge is -2.19. The summed E-state index contributed by atoms with van der Waals surface area (Å²) >= 11 is 6.11. The Morgan fingerprint density at radius 3 is 2.24 bits per heavy atom. The average Bonchev–Trinajstić information content (AvgIpc) is 3.34. The fraction of sp³-hybridized carbons (Fsp3) is 0.310. The average molecular weight is 627 g/mol. The molecule has 0 saturated heterocycles. The van der Waals surface area contributed by atoms with Crippen LogP contribution in [0.25, 0.3) is 10.9 Å². The summed E-state index contributed by atoms with van der Waals surface area (Å²) in [6.07, 6.45) is 0.242. The van der Waals surface area contributed by atoms with Crippen molar-refractivity contribution in [1.82, 2.24) is 15.3 Å². The lowest BCUT2D eigenvalue weighted by molar-refractivity contribution is -0.0391. The number of ether oxygens (including phenoxy) is 1. The van der Waals surface area contributed by atoms with Crippen molar-refractivity contribution < 1.29 is 35.8 Å². The maximum absolute atomic E-state index is 12.6. The number of rotatable bonds is 10. The van der Waals surface area contributed by atoms with Gasteiger partial charge in [-0.15, -0.1) is 11.8 Å². The second-order valence-corrected chi connectivity index (χ2v) is 9.58. The number of amides is 1. The Labute approximate surface area is 256 Å². The normalized spacial score (nSPS) is 10.2. The molecule has 13 heteroatoms. The number of aliphatic hydroxyl groups excluding tert-OH is 2. The van der Waals surface area contributed by atoms with E-state index in [1.165, 1.54) is 11.8 Å². The minimum Gasteiger partial charge on any atom is -0.491 e. The van der Waals surface area contributed by atoms with E-state index in [9.17, 15) is 15.0 Å². The van der Waals surface area contributed by atoms with Crippen LogP contribution in [0.1, 0.15) is 38.3 Å². The van der Waals surface area contributed by atoms with E-state index in [2.05, 4.69) is 15.3 Å². The number of hydrogen-bond donors (Lipinski definition) is 7. The van der Waals surface area contributed by atoms with Gasteiger partial charge in [-0.1, -0.05) is 70.9 Å². The van der Waals surface area contributed by atoms with E-state index in [1.807, 2.05) is 54.7 Å². The highest BCUT2D eigenvalue weighted by molar-refractivity contribution is 7.99. The molecule has 2 aromatic heterocycles. The third-order valence-corrected chi connectivity index (χ3v) is 6.71. The van der Waals surface area contributed by atoms with Gasteiger partial charge in [0.25, 0.3) is 5.91 Å². The number of aromatic amines is 2. The number of benzene rings is 2. The molecule has 1 amide bonds. The summed E-state index contributed by atoms with van der Waals surface area (Å²) in [5, 5.41) is 31.0. The molecule has 0 aliphatic heterocycles. The van der Waals surface area contributed by atoms with Gasteiger partial charge in [0.1, 0.15) is 22.7 Å².